The van der Waals surface area contributed by atoms with Gasteiger partial charge in [-0.1, -0.05) is 19.9 Å². The molecule has 20 heavy (non-hydrogen) atoms. The van der Waals surface area contributed by atoms with Crippen molar-refractivity contribution in [3.8, 4) is 0 Å². The Balaban J connectivity index is 2.15. The van der Waals surface area contributed by atoms with Crippen LogP contribution in [0.5, 0.6) is 0 Å². The Bertz CT molecular complexity index is 568. The van der Waals surface area contributed by atoms with Gasteiger partial charge in [0.2, 0.25) is 5.95 Å². The van der Waals surface area contributed by atoms with Gasteiger partial charge >= 0.3 is 0 Å². The molecule has 0 saturated heterocycles. The average Bonchev–Trinajstić information content (AvgIpc) is 2.41. The summed E-state index contributed by atoms with van der Waals surface area (Å²) in [5.41, 5.74) is -0.261. The molecular formula is C13H15F2N5. The van der Waals surface area contributed by atoms with Crippen LogP contribution in [0, 0.1) is 17.6 Å². The first kappa shape index (κ1) is 14.1. The molecule has 0 aliphatic heterocycles. The standard InChI is InChI=1S/C13H15F2N5/c1-8(2)6-16-13-19-11(7-17-20-13)18-12-9(14)4-3-5-10(12)15/h3-5,7-8H,6H2,1-2H3,(H2,16,18,19,20). The quantitative estimate of drug-likeness (QED) is 0.881. The fourth-order valence-corrected chi connectivity index (χ4v) is 1.48. The van der Waals surface area contributed by atoms with E-state index in [1.807, 2.05) is 13.8 Å². The van der Waals surface area contributed by atoms with Crippen LogP contribution in [0.25, 0.3) is 0 Å². The number of para-hydroxylation sites is 1. The number of benzene rings is 1. The summed E-state index contributed by atoms with van der Waals surface area (Å²) in [6, 6.07) is 3.62. The first-order valence-electron chi connectivity index (χ1n) is 6.21. The van der Waals surface area contributed by atoms with Crippen LogP contribution in [-0.2, 0) is 0 Å². The number of rotatable bonds is 5. The lowest BCUT2D eigenvalue weighted by Crippen LogP contribution is -2.12. The smallest absolute Gasteiger partial charge is 0.244 e. The van der Waals surface area contributed by atoms with Crippen LogP contribution in [0.4, 0.5) is 26.2 Å². The van der Waals surface area contributed by atoms with Crippen molar-refractivity contribution in [2.45, 2.75) is 13.8 Å². The molecule has 2 aromatic rings. The van der Waals surface area contributed by atoms with Gasteiger partial charge in [0, 0.05) is 6.54 Å². The molecule has 0 atom stereocenters. The van der Waals surface area contributed by atoms with Crippen molar-refractivity contribution < 1.29 is 8.78 Å². The van der Waals surface area contributed by atoms with E-state index in [2.05, 4.69) is 25.8 Å². The second-order valence-electron chi connectivity index (χ2n) is 4.66. The van der Waals surface area contributed by atoms with E-state index in [1.165, 1.54) is 12.3 Å². The highest BCUT2D eigenvalue weighted by molar-refractivity contribution is 5.57. The SMILES string of the molecule is CC(C)CNc1nncc(Nc2c(F)cccc2F)n1. The third kappa shape index (κ3) is 3.59. The molecule has 1 heterocycles. The normalized spacial score (nSPS) is 10.7. The number of hydrogen-bond donors (Lipinski definition) is 2. The summed E-state index contributed by atoms with van der Waals surface area (Å²) < 4.78 is 27.0. The second kappa shape index (κ2) is 6.23. The molecule has 7 heteroatoms. The Labute approximate surface area is 115 Å². The van der Waals surface area contributed by atoms with Crippen molar-refractivity contribution in [2.24, 2.45) is 5.92 Å². The molecular weight excluding hydrogens is 264 g/mol. The lowest BCUT2D eigenvalue weighted by Gasteiger charge is -2.10. The molecule has 2 rings (SSSR count). The second-order valence-corrected chi connectivity index (χ2v) is 4.66. The molecule has 0 saturated carbocycles. The van der Waals surface area contributed by atoms with Crippen molar-refractivity contribution >= 4 is 17.5 Å². The van der Waals surface area contributed by atoms with Gasteiger partial charge in [0.15, 0.2) is 5.82 Å². The van der Waals surface area contributed by atoms with E-state index in [4.69, 9.17) is 0 Å². The van der Waals surface area contributed by atoms with E-state index in [1.54, 1.807) is 0 Å². The van der Waals surface area contributed by atoms with Gasteiger partial charge in [-0.25, -0.2) is 8.78 Å². The summed E-state index contributed by atoms with van der Waals surface area (Å²) in [6.07, 6.45) is 1.30. The third-order valence-electron chi connectivity index (χ3n) is 2.44. The minimum atomic E-state index is -0.694. The molecule has 0 bridgehead atoms. The number of halogens is 2. The van der Waals surface area contributed by atoms with Crippen LogP contribution < -0.4 is 10.6 Å². The van der Waals surface area contributed by atoms with Gasteiger partial charge in [0.1, 0.15) is 17.3 Å². The maximum atomic E-state index is 13.5. The molecule has 5 nitrogen and oxygen atoms in total. The van der Waals surface area contributed by atoms with Gasteiger partial charge in [-0.15, -0.1) is 5.10 Å². The number of nitrogens with one attached hydrogen (secondary N) is 2. The lowest BCUT2D eigenvalue weighted by molar-refractivity contribution is 0.590. The van der Waals surface area contributed by atoms with Gasteiger partial charge in [-0.3, -0.25) is 0 Å². The van der Waals surface area contributed by atoms with Crippen molar-refractivity contribution in [1.29, 1.82) is 0 Å². The lowest BCUT2D eigenvalue weighted by atomic mass is 10.2. The predicted molar refractivity (Wildman–Crippen MR) is 72.8 cm³/mol. The van der Waals surface area contributed by atoms with Crippen LogP contribution in [0.1, 0.15) is 13.8 Å². The highest BCUT2D eigenvalue weighted by atomic mass is 19.1. The monoisotopic (exact) mass is 279 g/mol. The van der Waals surface area contributed by atoms with Crippen molar-refractivity contribution in [3.63, 3.8) is 0 Å². The molecule has 0 amide bonds. The summed E-state index contributed by atoms with van der Waals surface area (Å²) in [6.45, 7) is 4.76. The number of nitrogens with zero attached hydrogens (tertiary/aromatic N) is 3. The van der Waals surface area contributed by atoms with Crippen LogP contribution in [-0.4, -0.2) is 21.7 Å². The summed E-state index contributed by atoms with van der Waals surface area (Å²) >= 11 is 0. The molecule has 0 aliphatic rings. The van der Waals surface area contributed by atoms with Crippen LogP contribution >= 0.6 is 0 Å². The highest BCUT2D eigenvalue weighted by Gasteiger charge is 2.10. The summed E-state index contributed by atoms with van der Waals surface area (Å²) in [4.78, 5) is 4.09. The topological polar surface area (TPSA) is 62.7 Å². The summed E-state index contributed by atoms with van der Waals surface area (Å²) in [5.74, 6) is -0.449. The van der Waals surface area contributed by atoms with E-state index >= 15 is 0 Å². The van der Waals surface area contributed by atoms with Crippen molar-refractivity contribution in [1.82, 2.24) is 15.2 Å². The van der Waals surface area contributed by atoms with Gasteiger partial charge in [0.05, 0.1) is 6.20 Å². The number of aromatic nitrogens is 3. The Hall–Kier alpha value is -2.31. The van der Waals surface area contributed by atoms with Crippen molar-refractivity contribution in [3.05, 3.63) is 36.0 Å². The van der Waals surface area contributed by atoms with E-state index < -0.39 is 11.6 Å². The van der Waals surface area contributed by atoms with E-state index in [0.717, 1.165) is 12.1 Å². The summed E-state index contributed by atoms with van der Waals surface area (Å²) in [7, 11) is 0. The van der Waals surface area contributed by atoms with Gasteiger partial charge < -0.3 is 10.6 Å². The molecule has 0 spiro atoms. The van der Waals surface area contributed by atoms with Crippen LogP contribution in [0.2, 0.25) is 0 Å². The zero-order valence-electron chi connectivity index (χ0n) is 11.2. The molecule has 0 fully saturated rings. The predicted octanol–water partition coefficient (Wildman–Crippen LogP) is 2.96. The first-order valence-corrected chi connectivity index (χ1v) is 6.21. The highest BCUT2D eigenvalue weighted by Crippen LogP contribution is 2.21. The van der Waals surface area contributed by atoms with Crippen LogP contribution in [0.15, 0.2) is 24.4 Å². The molecule has 0 aliphatic carbocycles. The van der Waals surface area contributed by atoms with Gasteiger partial charge in [-0.2, -0.15) is 10.1 Å². The molecule has 106 valence electrons. The van der Waals surface area contributed by atoms with E-state index in [9.17, 15) is 8.78 Å². The zero-order valence-corrected chi connectivity index (χ0v) is 11.2. The molecule has 0 radical (unpaired) electrons. The zero-order chi connectivity index (χ0) is 14.5. The van der Waals surface area contributed by atoms with Crippen LogP contribution in [0.3, 0.4) is 0 Å². The first-order chi connectivity index (χ1) is 9.56. The summed E-state index contributed by atoms with van der Waals surface area (Å²) in [5, 5.41) is 13.1. The average molecular weight is 279 g/mol. The molecule has 0 unspecified atom stereocenters. The Morgan fingerprint density at radius 1 is 1.20 bits per heavy atom. The van der Waals surface area contributed by atoms with Crippen molar-refractivity contribution in [2.75, 3.05) is 17.2 Å². The van der Waals surface area contributed by atoms with Gasteiger partial charge in [0.25, 0.3) is 0 Å². The fourth-order valence-electron chi connectivity index (χ4n) is 1.48. The third-order valence-corrected chi connectivity index (χ3v) is 2.44. The largest absolute Gasteiger partial charge is 0.353 e. The van der Waals surface area contributed by atoms with Gasteiger partial charge in [-0.05, 0) is 18.1 Å². The van der Waals surface area contributed by atoms with E-state index in [0.29, 0.717) is 18.4 Å². The Morgan fingerprint density at radius 3 is 2.55 bits per heavy atom. The molecule has 2 N–H and O–H groups in total. The minimum absolute atomic E-state index is 0.218. The maximum absolute atomic E-state index is 13.5. The van der Waals surface area contributed by atoms with E-state index in [-0.39, 0.29) is 11.5 Å². The molecule has 1 aromatic carbocycles. The maximum Gasteiger partial charge on any atom is 0.244 e. The minimum Gasteiger partial charge on any atom is -0.353 e. The fraction of sp³-hybridized carbons (Fsp3) is 0.308. The number of hydrogen-bond acceptors (Lipinski definition) is 5. The number of anilines is 3. The molecule has 1 aromatic heterocycles. The Morgan fingerprint density at radius 2 is 1.90 bits per heavy atom. The Kier molecular flexibility index (Phi) is 4.39.